The van der Waals surface area contributed by atoms with E-state index in [0.717, 1.165) is 12.8 Å². The van der Waals surface area contributed by atoms with E-state index in [9.17, 15) is 14.7 Å². The number of aliphatic carboxylic acids is 1. The van der Waals surface area contributed by atoms with E-state index in [1.807, 2.05) is 48.6 Å². The van der Waals surface area contributed by atoms with Gasteiger partial charge in [0.15, 0.2) is 0 Å². The van der Waals surface area contributed by atoms with Crippen LogP contribution in [-0.4, -0.2) is 18.4 Å². The molecule has 1 N–H and O–H groups in total. The van der Waals surface area contributed by atoms with E-state index in [0.29, 0.717) is 6.54 Å². The largest absolute Gasteiger partial charge is 0.550 e. The average molecular weight is 374 g/mol. The lowest BCUT2D eigenvalue weighted by Gasteiger charge is -2.28. The molecule has 2 bridgehead atoms. The van der Waals surface area contributed by atoms with Crippen molar-refractivity contribution >= 4 is 11.9 Å². The van der Waals surface area contributed by atoms with Gasteiger partial charge in [0.2, 0.25) is 5.91 Å². The SMILES string of the molecule is O=C(NCCC(c1ccccc1)c1ccccc1)[C@@H]1[C@@H](C(=O)[O-])[C@H]2C=C[C@@H]1C2. The minimum atomic E-state index is -1.11. The van der Waals surface area contributed by atoms with Crippen molar-refractivity contribution in [2.45, 2.75) is 18.8 Å². The Hall–Kier alpha value is -2.88. The third kappa shape index (κ3) is 3.59. The van der Waals surface area contributed by atoms with E-state index in [-0.39, 0.29) is 23.7 Å². The minimum Gasteiger partial charge on any atom is -0.550 e. The molecule has 0 unspecified atom stereocenters. The van der Waals surface area contributed by atoms with E-state index in [2.05, 4.69) is 29.6 Å². The quantitative estimate of drug-likeness (QED) is 0.757. The van der Waals surface area contributed by atoms with Crippen LogP contribution in [0.5, 0.6) is 0 Å². The highest BCUT2D eigenvalue weighted by Gasteiger charge is 2.48. The zero-order valence-electron chi connectivity index (χ0n) is 15.7. The Morgan fingerprint density at radius 1 is 0.893 bits per heavy atom. The third-order valence-electron chi connectivity index (χ3n) is 6.17. The lowest BCUT2D eigenvalue weighted by molar-refractivity contribution is -0.313. The maximum atomic E-state index is 12.8. The number of allylic oxidation sites excluding steroid dienone is 2. The zero-order valence-corrected chi connectivity index (χ0v) is 15.7. The van der Waals surface area contributed by atoms with Crippen molar-refractivity contribution in [1.82, 2.24) is 5.32 Å². The zero-order chi connectivity index (χ0) is 19.5. The molecule has 0 heterocycles. The van der Waals surface area contributed by atoms with Gasteiger partial charge in [-0.05, 0) is 35.8 Å². The van der Waals surface area contributed by atoms with Gasteiger partial charge in [-0.1, -0.05) is 72.8 Å². The predicted molar refractivity (Wildman–Crippen MR) is 105 cm³/mol. The Morgan fingerprint density at radius 3 is 1.96 bits per heavy atom. The number of rotatable bonds is 7. The van der Waals surface area contributed by atoms with Crippen molar-refractivity contribution in [1.29, 1.82) is 0 Å². The number of amides is 1. The van der Waals surface area contributed by atoms with Crippen LogP contribution in [0.25, 0.3) is 0 Å². The molecule has 1 saturated carbocycles. The van der Waals surface area contributed by atoms with Crippen LogP contribution in [0.2, 0.25) is 0 Å². The van der Waals surface area contributed by atoms with Gasteiger partial charge in [-0.2, -0.15) is 0 Å². The fraction of sp³-hybridized carbons (Fsp3) is 0.333. The molecule has 2 aromatic rings. The second kappa shape index (κ2) is 8.01. The number of carbonyl (C=O) groups excluding carboxylic acids is 2. The average Bonchev–Trinajstić information content (AvgIpc) is 3.34. The second-order valence-corrected chi connectivity index (χ2v) is 7.77. The van der Waals surface area contributed by atoms with Crippen LogP contribution in [0.3, 0.4) is 0 Å². The Kier molecular flexibility index (Phi) is 5.29. The Balaban J connectivity index is 1.43. The molecule has 4 nitrogen and oxygen atoms in total. The molecule has 144 valence electrons. The second-order valence-electron chi connectivity index (χ2n) is 7.77. The number of hydrogen-bond donors (Lipinski definition) is 1. The molecule has 0 aromatic heterocycles. The predicted octanol–water partition coefficient (Wildman–Crippen LogP) is 2.51. The van der Waals surface area contributed by atoms with Crippen molar-refractivity contribution in [2.24, 2.45) is 23.7 Å². The number of nitrogens with one attached hydrogen (secondary N) is 1. The standard InChI is InChI=1S/C24H25NO3/c26-23(21-18-11-12-19(15-18)22(21)24(27)28)25-14-13-20(16-7-3-1-4-8-16)17-9-5-2-6-10-17/h1-12,18-22H,13-15H2,(H,25,26)(H,27,28)/p-1/t18-,19+,21+,22+/m1/s1. The van der Waals surface area contributed by atoms with E-state index in [1.165, 1.54) is 11.1 Å². The molecular formula is C24H24NO3-. The molecule has 0 spiro atoms. The maximum absolute atomic E-state index is 12.8. The van der Waals surface area contributed by atoms with E-state index < -0.39 is 17.8 Å². The highest BCUT2D eigenvalue weighted by atomic mass is 16.4. The van der Waals surface area contributed by atoms with Gasteiger partial charge in [-0.3, -0.25) is 4.79 Å². The van der Waals surface area contributed by atoms with Crippen molar-refractivity contribution in [3.05, 3.63) is 83.9 Å². The first-order valence-electron chi connectivity index (χ1n) is 9.92. The summed E-state index contributed by atoms with van der Waals surface area (Å²) in [7, 11) is 0. The lowest BCUT2D eigenvalue weighted by atomic mass is 9.82. The normalized spacial score (nSPS) is 25.2. The Morgan fingerprint density at radius 2 is 1.43 bits per heavy atom. The maximum Gasteiger partial charge on any atom is 0.224 e. The van der Waals surface area contributed by atoms with Crippen LogP contribution in [0.4, 0.5) is 0 Å². The Labute approximate surface area is 165 Å². The van der Waals surface area contributed by atoms with Gasteiger partial charge in [-0.25, -0.2) is 0 Å². The summed E-state index contributed by atoms with van der Waals surface area (Å²) in [4.78, 5) is 24.3. The Bertz CT molecular complexity index is 822. The number of carboxylic acids is 1. The summed E-state index contributed by atoms with van der Waals surface area (Å²) < 4.78 is 0. The van der Waals surface area contributed by atoms with Crippen LogP contribution in [0.15, 0.2) is 72.8 Å². The molecule has 2 aliphatic rings. The van der Waals surface area contributed by atoms with Crippen LogP contribution in [-0.2, 0) is 9.59 Å². The fourth-order valence-electron chi connectivity index (χ4n) is 4.86. The molecule has 0 aliphatic heterocycles. The van der Waals surface area contributed by atoms with Crippen LogP contribution < -0.4 is 10.4 Å². The molecule has 1 amide bonds. The van der Waals surface area contributed by atoms with Gasteiger partial charge in [-0.15, -0.1) is 0 Å². The first kappa shape index (κ1) is 18.5. The van der Waals surface area contributed by atoms with Gasteiger partial charge in [0.05, 0.1) is 5.92 Å². The molecule has 4 rings (SSSR count). The molecule has 4 atom stereocenters. The number of carboxylic acid groups (broad SMARTS) is 1. The number of benzene rings is 2. The molecule has 2 aliphatic carbocycles. The van der Waals surface area contributed by atoms with Crippen LogP contribution >= 0.6 is 0 Å². The number of hydrogen-bond acceptors (Lipinski definition) is 3. The summed E-state index contributed by atoms with van der Waals surface area (Å²) in [5.41, 5.74) is 2.41. The molecule has 0 saturated heterocycles. The summed E-state index contributed by atoms with van der Waals surface area (Å²) in [6.45, 7) is 0.505. The molecular weight excluding hydrogens is 350 g/mol. The summed E-state index contributed by atoms with van der Waals surface area (Å²) in [6.07, 6.45) is 5.42. The minimum absolute atomic E-state index is 0.0203. The highest BCUT2D eigenvalue weighted by molar-refractivity contribution is 5.86. The third-order valence-corrected chi connectivity index (χ3v) is 6.17. The molecule has 2 aromatic carbocycles. The van der Waals surface area contributed by atoms with Gasteiger partial charge in [0.1, 0.15) is 0 Å². The first-order chi connectivity index (χ1) is 13.6. The summed E-state index contributed by atoms with van der Waals surface area (Å²) in [5, 5.41) is 14.5. The smallest absolute Gasteiger partial charge is 0.224 e. The highest BCUT2D eigenvalue weighted by Crippen LogP contribution is 2.47. The van der Waals surface area contributed by atoms with Gasteiger partial charge in [0, 0.05) is 24.3 Å². The van der Waals surface area contributed by atoms with Crippen molar-refractivity contribution in [3.63, 3.8) is 0 Å². The van der Waals surface area contributed by atoms with E-state index >= 15 is 0 Å². The van der Waals surface area contributed by atoms with Gasteiger partial charge >= 0.3 is 0 Å². The molecule has 0 radical (unpaired) electrons. The molecule has 28 heavy (non-hydrogen) atoms. The van der Waals surface area contributed by atoms with Gasteiger partial charge in [0.25, 0.3) is 0 Å². The van der Waals surface area contributed by atoms with E-state index in [1.54, 1.807) is 0 Å². The lowest BCUT2D eigenvalue weighted by Crippen LogP contribution is -2.45. The summed E-state index contributed by atoms with van der Waals surface area (Å²) in [6, 6.07) is 20.5. The van der Waals surface area contributed by atoms with Crippen molar-refractivity contribution < 1.29 is 14.7 Å². The molecule has 4 heteroatoms. The molecule has 1 fully saturated rings. The topological polar surface area (TPSA) is 69.2 Å². The fourth-order valence-corrected chi connectivity index (χ4v) is 4.86. The first-order valence-corrected chi connectivity index (χ1v) is 9.92. The van der Waals surface area contributed by atoms with Gasteiger partial charge < -0.3 is 15.2 Å². The van der Waals surface area contributed by atoms with Crippen molar-refractivity contribution in [3.8, 4) is 0 Å². The van der Waals surface area contributed by atoms with Crippen LogP contribution in [0, 0.1) is 23.7 Å². The van der Waals surface area contributed by atoms with E-state index in [4.69, 9.17) is 0 Å². The van der Waals surface area contributed by atoms with Crippen molar-refractivity contribution in [2.75, 3.05) is 6.54 Å². The summed E-state index contributed by atoms with van der Waals surface area (Å²) in [5.74, 6) is -2.34. The number of carbonyl (C=O) groups is 2. The van der Waals surface area contributed by atoms with Crippen LogP contribution in [0.1, 0.15) is 29.9 Å². The summed E-state index contributed by atoms with van der Waals surface area (Å²) >= 11 is 0. The number of fused-ring (bicyclic) bond motifs is 2. The monoisotopic (exact) mass is 374 g/mol.